The molecule has 1 unspecified atom stereocenters. The smallest absolute Gasteiger partial charge is 0.315 e. The molecule has 1 spiro atoms. The molecule has 138 valence electrons. The van der Waals surface area contributed by atoms with Gasteiger partial charge in [0.1, 0.15) is 11.5 Å². The van der Waals surface area contributed by atoms with E-state index in [1.807, 2.05) is 0 Å². The van der Waals surface area contributed by atoms with Gasteiger partial charge in [0.15, 0.2) is 0 Å². The first kappa shape index (κ1) is 16.8. The molecule has 7 nitrogen and oxygen atoms in total. The third-order valence-electron chi connectivity index (χ3n) is 5.68. The maximum atomic E-state index is 12.3. The minimum atomic E-state index is -0.137. The summed E-state index contributed by atoms with van der Waals surface area (Å²) in [6.45, 7) is 2.61. The molecule has 3 aliphatic rings. The van der Waals surface area contributed by atoms with Crippen molar-refractivity contribution < 1.29 is 18.8 Å². The van der Waals surface area contributed by atoms with Crippen LogP contribution in [0.25, 0.3) is 0 Å². The molecule has 1 aromatic rings. The summed E-state index contributed by atoms with van der Waals surface area (Å²) in [5, 5.41) is 10.2. The van der Waals surface area contributed by atoms with E-state index < -0.39 is 0 Å². The highest BCUT2D eigenvalue weighted by Gasteiger charge is 2.39. The largest absolute Gasteiger partial charge is 0.381 e. The zero-order chi connectivity index (χ0) is 17.1. The number of aryl methyl sites for hydroxylation is 1. The van der Waals surface area contributed by atoms with Crippen LogP contribution in [-0.4, -0.2) is 42.7 Å². The Hall–Kier alpha value is -1.60. The summed E-state index contributed by atoms with van der Waals surface area (Å²) in [7, 11) is 0. The summed E-state index contributed by atoms with van der Waals surface area (Å²) in [6.07, 6.45) is 7.84. The molecule has 0 aromatic carbocycles. The lowest BCUT2D eigenvalue weighted by Crippen LogP contribution is -2.52. The van der Waals surface area contributed by atoms with Crippen molar-refractivity contribution in [2.24, 2.45) is 0 Å². The first-order chi connectivity index (χ1) is 12.2. The number of rotatable bonds is 3. The van der Waals surface area contributed by atoms with Crippen molar-refractivity contribution in [1.82, 2.24) is 15.8 Å². The maximum Gasteiger partial charge on any atom is 0.315 e. The molecule has 2 aliphatic heterocycles. The Balaban J connectivity index is 1.28. The Morgan fingerprint density at radius 3 is 2.92 bits per heavy atom. The molecule has 4 rings (SSSR count). The van der Waals surface area contributed by atoms with Gasteiger partial charge in [0, 0.05) is 37.8 Å². The summed E-state index contributed by atoms with van der Waals surface area (Å²) < 4.78 is 16.9. The predicted octanol–water partition coefficient (Wildman–Crippen LogP) is 2.08. The number of nitrogens with one attached hydrogen (secondary N) is 2. The normalized spacial score (nSPS) is 25.4. The molecule has 2 saturated heterocycles. The van der Waals surface area contributed by atoms with Gasteiger partial charge >= 0.3 is 6.03 Å². The van der Waals surface area contributed by atoms with E-state index >= 15 is 0 Å². The lowest BCUT2D eigenvalue weighted by atomic mass is 9.84. The van der Waals surface area contributed by atoms with E-state index in [-0.39, 0.29) is 17.7 Å². The second-order valence-corrected chi connectivity index (χ2v) is 7.40. The van der Waals surface area contributed by atoms with Crippen molar-refractivity contribution in [3.05, 3.63) is 17.0 Å². The van der Waals surface area contributed by atoms with Gasteiger partial charge in [-0.1, -0.05) is 5.16 Å². The van der Waals surface area contributed by atoms with E-state index in [0.29, 0.717) is 13.2 Å². The van der Waals surface area contributed by atoms with Gasteiger partial charge in [0.2, 0.25) is 0 Å². The number of ether oxygens (including phenoxy) is 2. The number of urea groups is 1. The van der Waals surface area contributed by atoms with Gasteiger partial charge in [-0.3, -0.25) is 0 Å². The Bertz CT molecular complexity index is 604. The van der Waals surface area contributed by atoms with Crippen LogP contribution in [0, 0.1) is 0 Å². The first-order valence-corrected chi connectivity index (χ1v) is 9.46. The van der Waals surface area contributed by atoms with Gasteiger partial charge in [-0.2, -0.15) is 0 Å². The van der Waals surface area contributed by atoms with Crippen molar-refractivity contribution in [3.8, 4) is 0 Å². The van der Waals surface area contributed by atoms with E-state index in [0.717, 1.165) is 69.6 Å². The van der Waals surface area contributed by atoms with Crippen molar-refractivity contribution >= 4 is 6.03 Å². The summed E-state index contributed by atoms with van der Waals surface area (Å²) in [5.74, 6) is 0.995. The zero-order valence-corrected chi connectivity index (χ0v) is 14.6. The summed E-state index contributed by atoms with van der Waals surface area (Å²) in [6, 6.07) is 0.0137. The summed E-state index contributed by atoms with van der Waals surface area (Å²) in [4.78, 5) is 12.3. The average Bonchev–Trinajstić information content (AvgIpc) is 3.04. The van der Waals surface area contributed by atoms with Gasteiger partial charge in [-0.25, -0.2) is 4.79 Å². The molecule has 2 N–H and O–H groups in total. The number of aromatic nitrogens is 1. The Kier molecular flexibility index (Phi) is 4.94. The fourth-order valence-corrected chi connectivity index (χ4v) is 4.23. The molecule has 0 saturated carbocycles. The van der Waals surface area contributed by atoms with Gasteiger partial charge in [-0.05, 0) is 44.9 Å². The van der Waals surface area contributed by atoms with Gasteiger partial charge in [0.25, 0.3) is 0 Å². The lowest BCUT2D eigenvalue weighted by Gasteiger charge is -2.43. The predicted molar refractivity (Wildman–Crippen MR) is 90.3 cm³/mol. The second-order valence-electron chi connectivity index (χ2n) is 7.40. The van der Waals surface area contributed by atoms with Crippen molar-refractivity contribution in [1.29, 1.82) is 0 Å². The molecular formula is C18H27N3O4. The molecule has 3 heterocycles. The highest BCUT2D eigenvalue weighted by atomic mass is 16.5. The molecule has 0 radical (unpaired) electrons. The standard InChI is InChI=1S/C18H27N3O4/c22-17(19-12-15-14-3-1-2-4-16(14)25-21-15)20-13-5-8-24-18(11-13)6-9-23-10-7-18/h13H,1-12H2,(H2,19,20,22). The topological polar surface area (TPSA) is 85.6 Å². The molecule has 2 amide bonds. The van der Waals surface area contributed by atoms with Crippen LogP contribution in [0.1, 0.15) is 55.5 Å². The highest BCUT2D eigenvalue weighted by molar-refractivity contribution is 5.74. The molecule has 7 heteroatoms. The van der Waals surface area contributed by atoms with Crippen LogP contribution in [0.3, 0.4) is 0 Å². The van der Waals surface area contributed by atoms with Gasteiger partial charge in [0.05, 0.1) is 12.1 Å². The van der Waals surface area contributed by atoms with Gasteiger partial charge < -0.3 is 24.6 Å². The Labute approximate surface area is 147 Å². The number of nitrogens with zero attached hydrogens (tertiary/aromatic N) is 1. The molecular weight excluding hydrogens is 322 g/mol. The minimum absolute atomic E-state index is 0.111. The highest BCUT2D eigenvalue weighted by Crippen LogP contribution is 2.34. The molecule has 1 aliphatic carbocycles. The molecule has 1 aromatic heterocycles. The molecule has 1 atom stereocenters. The van der Waals surface area contributed by atoms with Crippen molar-refractivity contribution in [2.45, 2.75) is 69.6 Å². The number of carbonyl (C=O) groups is 1. The second kappa shape index (κ2) is 7.33. The van der Waals surface area contributed by atoms with Crippen LogP contribution < -0.4 is 10.6 Å². The maximum absolute atomic E-state index is 12.3. The number of amides is 2. The Morgan fingerprint density at radius 2 is 2.04 bits per heavy atom. The van der Waals surface area contributed by atoms with E-state index in [2.05, 4.69) is 15.8 Å². The van der Waals surface area contributed by atoms with Crippen LogP contribution in [0.15, 0.2) is 4.52 Å². The number of hydrogen-bond acceptors (Lipinski definition) is 5. The average molecular weight is 349 g/mol. The quantitative estimate of drug-likeness (QED) is 0.873. The van der Waals surface area contributed by atoms with Gasteiger partial charge in [-0.15, -0.1) is 0 Å². The SMILES string of the molecule is O=C(NCc1noc2c1CCCC2)NC1CCOC2(CCOCC2)C1. The van der Waals surface area contributed by atoms with E-state index in [1.165, 1.54) is 12.0 Å². The number of fused-ring (bicyclic) bond motifs is 1. The van der Waals surface area contributed by atoms with Crippen LogP contribution in [0.2, 0.25) is 0 Å². The monoisotopic (exact) mass is 349 g/mol. The fraction of sp³-hybridized carbons (Fsp3) is 0.778. The zero-order valence-electron chi connectivity index (χ0n) is 14.6. The number of carbonyl (C=O) groups excluding carboxylic acids is 1. The third-order valence-corrected chi connectivity index (χ3v) is 5.68. The summed E-state index contributed by atoms with van der Waals surface area (Å²) >= 11 is 0. The molecule has 25 heavy (non-hydrogen) atoms. The van der Waals surface area contributed by atoms with Crippen molar-refractivity contribution in [2.75, 3.05) is 19.8 Å². The summed E-state index contributed by atoms with van der Waals surface area (Å²) in [5.41, 5.74) is 1.95. The van der Waals surface area contributed by atoms with Crippen LogP contribution in [0.4, 0.5) is 4.79 Å². The van der Waals surface area contributed by atoms with Crippen LogP contribution in [0.5, 0.6) is 0 Å². The fourth-order valence-electron chi connectivity index (χ4n) is 4.23. The third kappa shape index (κ3) is 3.82. The van der Waals surface area contributed by atoms with Crippen LogP contribution in [-0.2, 0) is 28.9 Å². The first-order valence-electron chi connectivity index (χ1n) is 9.46. The molecule has 0 bridgehead atoms. The molecule has 2 fully saturated rings. The number of hydrogen-bond donors (Lipinski definition) is 2. The van der Waals surface area contributed by atoms with E-state index in [4.69, 9.17) is 14.0 Å². The van der Waals surface area contributed by atoms with E-state index in [1.54, 1.807) is 0 Å². The van der Waals surface area contributed by atoms with E-state index in [9.17, 15) is 4.79 Å². The minimum Gasteiger partial charge on any atom is -0.381 e. The van der Waals surface area contributed by atoms with Crippen LogP contribution >= 0.6 is 0 Å². The van der Waals surface area contributed by atoms with Crippen molar-refractivity contribution in [3.63, 3.8) is 0 Å². The lowest BCUT2D eigenvalue weighted by molar-refractivity contribution is -0.139. The Morgan fingerprint density at radius 1 is 1.20 bits per heavy atom.